The molecule has 3 aliphatic rings. The number of carbonyl (C=O) groups is 2. The number of hydrogen-bond donors (Lipinski definition) is 0. The predicted octanol–water partition coefficient (Wildman–Crippen LogP) is 4.94. The van der Waals surface area contributed by atoms with E-state index in [4.69, 9.17) is 9.47 Å². The minimum absolute atomic E-state index is 0.213. The molecule has 2 bridgehead atoms. The van der Waals surface area contributed by atoms with Crippen molar-refractivity contribution >= 4 is 34.2 Å². The lowest BCUT2D eigenvalue weighted by atomic mass is 9.66. The van der Waals surface area contributed by atoms with Crippen LogP contribution < -0.4 is 14.5 Å². The number of nitriles is 1. The van der Waals surface area contributed by atoms with Gasteiger partial charge in [0.05, 0.1) is 47.0 Å². The number of nitrogens with zero attached hydrogens (tertiary/aromatic N) is 5. The first-order valence-corrected chi connectivity index (χ1v) is 14.5. The number of aromatic nitrogens is 2. The number of rotatable bonds is 9. The third-order valence-electron chi connectivity index (χ3n) is 9.32. The summed E-state index contributed by atoms with van der Waals surface area (Å²) in [6.45, 7) is 9.96. The molecule has 0 spiro atoms. The number of fused-ring (bicyclic) bond motifs is 6. The van der Waals surface area contributed by atoms with Crippen LogP contribution in [0.25, 0.3) is 10.8 Å². The molecule has 3 fully saturated rings. The van der Waals surface area contributed by atoms with Crippen molar-refractivity contribution in [3.63, 3.8) is 0 Å². The van der Waals surface area contributed by atoms with E-state index in [0.29, 0.717) is 54.3 Å². The first-order chi connectivity index (χ1) is 19.8. The van der Waals surface area contributed by atoms with Crippen LogP contribution in [0.1, 0.15) is 57.7 Å². The molecule has 212 valence electrons. The summed E-state index contributed by atoms with van der Waals surface area (Å²) < 4.78 is 12.9. The van der Waals surface area contributed by atoms with Crippen LogP contribution in [0.15, 0.2) is 42.5 Å². The van der Waals surface area contributed by atoms with Gasteiger partial charge in [-0.2, -0.15) is 10.2 Å². The Balaban J connectivity index is 1.30. The Morgan fingerprint density at radius 3 is 2.39 bits per heavy atom. The van der Waals surface area contributed by atoms with Crippen molar-refractivity contribution in [2.24, 2.45) is 11.8 Å². The maximum absolute atomic E-state index is 14.2. The first kappa shape index (κ1) is 27.2. The monoisotopic (exact) mass is 553 g/mol. The van der Waals surface area contributed by atoms with Gasteiger partial charge in [0.1, 0.15) is 0 Å². The molecule has 0 saturated carbocycles. The van der Waals surface area contributed by atoms with Crippen molar-refractivity contribution in [2.75, 3.05) is 29.5 Å². The Labute approximate surface area is 240 Å². The van der Waals surface area contributed by atoms with Crippen molar-refractivity contribution in [3.8, 4) is 11.9 Å². The Bertz CT molecular complexity index is 1580. The van der Waals surface area contributed by atoms with E-state index in [-0.39, 0.29) is 11.8 Å². The summed E-state index contributed by atoms with van der Waals surface area (Å²) in [6.07, 6.45) is 2.54. The molecule has 4 atom stereocenters. The van der Waals surface area contributed by atoms with Gasteiger partial charge in [-0.3, -0.25) is 9.59 Å². The molecule has 3 aromatic rings. The van der Waals surface area contributed by atoms with E-state index in [1.54, 1.807) is 12.1 Å². The fourth-order valence-electron chi connectivity index (χ4n) is 7.29. The molecule has 4 heterocycles. The number of anilines is 2. The average Bonchev–Trinajstić information content (AvgIpc) is 3.59. The zero-order chi connectivity index (χ0) is 28.9. The van der Waals surface area contributed by atoms with Crippen LogP contribution in [0.3, 0.4) is 0 Å². The molecule has 6 rings (SSSR count). The lowest BCUT2D eigenvalue weighted by Crippen LogP contribution is -2.43. The topological polar surface area (TPSA) is 109 Å². The molecular weight excluding hydrogens is 518 g/mol. The molecule has 9 nitrogen and oxygen atoms in total. The molecule has 0 aliphatic carbocycles. The van der Waals surface area contributed by atoms with E-state index in [0.717, 1.165) is 30.6 Å². The van der Waals surface area contributed by atoms with Crippen molar-refractivity contribution in [1.82, 2.24) is 9.97 Å². The van der Waals surface area contributed by atoms with Crippen LogP contribution >= 0.6 is 0 Å². The van der Waals surface area contributed by atoms with Gasteiger partial charge in [-0.25, -0.2) is 9.88 Å². The van der Waals surface area contributed by atoms with Crippen LogP contribution in [-0.4, -0.2) is 52.7 Å². The van der Waals surface area contributed by atoms with Gasteiger partial charge in [0.2, 0.25) is 23.6 Å². The second-order valence-electron chi connectivity index (χ2n) is 11.3. The van der Waals surface area contributed by atoms with Gasteiger partial charge in [-0.05, 0) is 52.2 Å². The van der Waals surface area contributed by atoms with Crippen LogP contribution in [-0.2, 0) is 14.3 Å². The minimum atomic E-state index is -0.783. The Morgan fingerprint density at radius 2 is 1.71 bits per heavy atom. The summed E-state index contributed by atoms with van der Waals surface area (Å²) in [5.74, 6) is -0.447. The molecule has 3 aliphatic heterocycles. The highest BCUT2D eigenvalue weighted by molar-refractivity contribution is 6.26. The SMILES string of the molecule is CCN(CC)c1nc(C)cc(OCC[C@]23CC[C@](CC)(O2)[C@@H]2C(=O)N(c4ccc(C#N)c5ccccc45)C(=O)[C@@H]23)n1. The van der Waals surface area contributed by atoms with Crippen LogP contribution in [0.4, 0.5) is 11.6 Å². The summed E-state index contributed by atoms with van der Waals surface area (Å²) in [4.78, 5) is 40.9. The molecule has 0 N–H and O–H groups in total. The van der Waals surface area contributed by atoms with Crippen molar-refractivity contribution < 1.29 is 19.1 Å². The normalized spacial score (nSPS) is 26.5. The number of hydrogen-bond acceptors (Lipinski definition) is 8. The van der Waals surface area contributed by atoms with E-state index in [1.165, 1.54) is 4.90 Å². The van der Waals surface area contributed by atoms with E-state index >= 15 is 0 Å². The fourth-order valence-corrected chi connectivity index (χ4v) is 7.29. The number of aryl methyl sites for hydroxylation is 1. The van der Waals surface area contributed by atoms with Gasteiger partial charge in [-0.15, -0.1) is 0 Å². The van der Waals surface area contributed by atoms with Gasteiger partial charge < -0.3 is 14.4 Å². The molecule has 41 heavy (non-hydrogen) atoms. The molecule has 0 radical (unpaired) electrons. The largest absolute Gasteiger partial charge is 0.477 e. The highest BCUT2D eigenvalue weighted by Gasteiger charge is 2.74. The Kier molecular flexibility index (Phi) is 6.69. The van der Waals surface area contributed by atoms with E-state index < -0.39 is 23.0 Å². The average molecular weight is 554 g/mol. The van der Waals surface area contributed by atoms with E-state index in [2.05, 4.69) is 34.8 Å². The molecule has 1 aromatic heterocycles. The van der Waals surface area contributed by atoms with Gasteiger partial charge in [-0.1, -0.05) is 31.2 Å². The first-order valence-electron chi connectivity index (χ1n) is 14.5. The standard InChI is InChI=1S/C32H35N5O4/c1-5-31-14-15-32(41-31,16-17-40-25-18-20(4)34-30(35-25)36(6-2)7-3)27-26(31)28(38)37(29(27)39)24-13-12-21(19-33)22-10-8-9-11-23(22)24/h8-13,18,26-27H,5-7,14-17H2,1-4H3/t26-,27+,31-,32-/m0/s1. The zero-order valence-corrected chi connectivity index (χ0v) is 24.0. The highest BCUT2D eigenvalue weighted by Crippen LogP contribution is 2.63. The summed E-state index contributed by atoms with van der Waals surface area (Å²) >= 11 is 0. The Morgan fingerprint density at radius 1 is 1.02 bits per heavy atom. The minimum Gasteiger partial charge on any atom is -0.477 e. The van der Waals surface area contributed by atoms with E-state index in [1.807, 2.05) is 44.2 Å². The van der Waals surface area contributed by atoms with Crippen LogP contribution in [0.2, 0.25) is 0 Å². The lowest BCUT2D eigenvalue weighted by Gasteiger charge is -2.31. The predicted molar refractivity (Wildman–Crippen MR) is 155 cm³/mol. The van der Waals surface area contributed by atoms with E-state index in [9.17, 15) is 14.9 Å². The molecular formula is C32H35N5O4. The summed E-state index contributed by atoms with van der Waals surface area (Å²) in [7, 11) is 0. The number of ether oxygens (including phenoxy) is 2. The highest BCUT2D eigenvalue weighted by atomic mass is 16.5. The van der Waals surface area contributed by atoms with Crippen LogP contribution in [0.5, 0.6) is 5.88 Å². The maximum Gasteiger partial charge on any atom is 0.240 e. The number of carbonyl (C=O) groups excluding carboxylic acids is 2. The lowest BCUT2D eigenvalue weighted by molar-refractivity contribution is -0.132. The van der Waals surface area contributed by atoms with Gasteiger partial charge in [0, 0.05) is 42.0 Å². The molecule has 0 unspecified atom stereocenters. The zero-order valence-electron chi connectivity index (χ0n) is 24.0. The fraction of sp³-hybridized carbons (Fsp3) is 0.469. The molecule has 2 aromatic carbocycles. The summed E-state index contributed by atoms with van der Waals surface area (Å²) in [6, 6.07) is 14.9. The van der Waals surface area contributed by atoms with Crippen molar-refractivity contribution in [2.45, 2.75) is 64.6 Å². The number of benzene rings is 2. The smallest absolute Gasteiger partial charge is 0.240 e. The molecule has 3 saturated heterocycles. The van der Waals surface area contributed by atoms with Crippen LogP contribution in [0, 0.1) is 30.1 Å². The molecule has 2 amide bonds. The quantitative estimate of drug-likeness (QED) is 0.343. The second kappa shape index (κ2) is 10.1. The maximum atomic E-state index is 14.2. The number of amides is 2. The number of imide groups is 1. The summed E-state index contributed by atoms with van der Waals surface area (Å²) in [5.41, 5.74) is 0.404. The van der Waals surface area contributed by atoms with Gasteiger partial charge in [0.25, 0.3) is 0 Å². The molecule has 9 heteroatoms. The van der Waals surface area contributed by atoms with Crippen molar-refractivity contribution in [1.29, 1.82) is 5.26 Å². The third kappa shape index (κ3) is 4.07. The summed E-state index contributed by atoms with van der Waals surface area (Å²) in [5, 5.41) is 11.1. The third-order valence-corrected chi connectivity index (χ3v) is 9.32. The Hall–Kier alpha value is -4.03. The van der Waals surface area contributed by atoms with Gasteiger partial charge >= 0.3 is 0 Å². The van der Waals surface area contributed by atoms with Crippen molar-refractivity contribution in [3.05, 3.63) is 53.7 Å². The second-order valence-corrected chi connectivity index (χ2v) is 11.3. The van der Waals surface area contributed by atoms with Gasteiger partial charge in [0.15, 0.2) is 0 Å².